The lowest BCUT2D eigenvalue weighted by molar-refractivity contribution is 0.0947. The van der Waals surface area contributed by atoms with Crippen molar-refractivity contribution in [3.63, 3.8) is 0 Å². The molecular formula is C13H21N3O. The SMILES string of the molecule is C/C=C/CNC(=O)c1ncc(CC)cn1.CC. The van der Waals surface area contributed by atoms with Crippen LogP contribution in [0.1, 0.15) is 43.9 Å². The van der Waals surface area contributed by atoms with Crippen LogP contribution in [0.25, 0.3) is 0 Å². The molecule has 0 saturated carbocycles. The van der Waals surface area contributed by atoms with Gasteiger partial charge >= 0.3 is 0 Å². The fourth-order valence-electron chi connectivity index (χ4n) is 1.00. The summed E-state index contributed by atoms with van der Waals surface area (Å²) in [7, 11) is 0. The zero-order chi connectivity index (χ0) is 13.1. The van der Waals surface area contributed by atoms with E-state index >= 15 is 0 Å². The molecule has 0 aliphatic carbocycles. The van der Waals surface area contributed by atoms with E-state index in [0.717, 1.165) is 12.0 Å². The highest BCUT2D eigenvalue weighted by molar-refractivity contribution is 5.90. The van der Waals surface area contributed by atoms with E-state index < -0.39 is 0 Å². The van der Waals surface area contributed by atoms with Gasteiger partial charge in [-0.15, -0.1) is 0 Å². The summed E-state index contributed by atoms with van der Waals surface area (Å²) in [5, 5.41) is 2.69. The molecule has 1 heterocycles. The van der Waals surface area contributed by atoms with Gasteiger partial charge < -0.3 is 5.32 Å². The Balaban J connectivity index is 0.00000121. The third-order valence-electron chi connectivity index (χ3n) is 1.93. The second-order valence-electron chi connectivity index (χ2n) is 3.05. The van der Waals surface area contributed by atoms with Crippen molar-refractivity contribution in [1.82, 2.24) is 15.3 Å². The summed E-state index contributed by atoms with van der Waals surface area (Å²) in [5.74, 6) is -0.0209. The van der Waals surface area contributed by atoms with Gasteiger partial charge in [0.1, 0.15) is 0 Å². The monoisotopic (exact) mass is 235 g/mol. The van der Waals surface area contributed by atoms with Gasteiger partial charge in [0.15, 0.2) is 0 Å². The lowest BCUT2D eigenvalue weighted by Crippen LogP contribution is -2.25. The number of hydrogen-bond acceptors (Lipinski definition) is 3. The maximum atomic E-state index is 11.4. The second kappa shape index (κ2) is 9.51. The Hall–Kier alpha value is -1.71. The van der Waals surface area contributed by atoms with Crippen molar-refractivity contribution in [2.75, 3.05) is 6.54 Å². The highest BCUT2D eigenvalue weighted by atomic mass is 16.2. The highest BCUT2D eigenvalue weighted by Crippen LogP contribution is 1.96. The minimum atomic E-state index is -0.240. The van der Waals surface area contributed by atoms with E-state index in [1.54, 1.807) is 12.4 Å². The van der Waals surface area contributed by atoms with Crippen molar-refractivity contribution in [2.45, 2.75) is 34.1 Å². The molecule has 0 unspecified atom stereocenters. The van der Waals surface area contributed by atoms with Crippen LogP contribution in [0.4, 0.5) is 0 Å². The van der Waals surface area contributed by atoms with E-state index in [-0.39, 0.29) is 11.7 Å². The first-order chi connectivity index (χ1) is 8.27. The predicted molar refractivity (Wildman–Crippen MR) is 69.9 cm³/mol. The smallest absolute Gasteiger partial charge is 0.289 e. The van der Waals surface area contributed by atoms with Crippen LogP contribution in [0.5, 0.6) is 0 Å². The minimum absolute atomic E-state index is 0.219. The Labute approximate surface area is 103 Å². The Morgan fingerprint density at radius 1 is 1.35 bits per heavy atom. The van der Waals surface area contributed by atoms with Gasteiger partial charge in [0, 0.05) is 18.9 Å². The summed E-state index contributed by atoms with van der Waals surface area (Å²) in [5.41, 5.74) is 1.03. The third-order valence-corrected chi connectivity index (χ3v) is 1.93. The number of carbonyl (C=O) groups excluding carboxylic acids is 1. The van der Waals surface area contributed by atoms with Gasteiger partial charge in [-0.2, -0.15) is 0 Å². The van der Waals surface area contributed by atoms with E-state index in [2.05, 4.69) is 15.3 Å². The van der Waals surface area contributed by atoms with Crippen LogP contribution >= 0.6 is 0 Å². The Morgan fingerprint density at radius 3 is 2.41 bits per heavy atom. The number of nitrogens with one attached hydrogen (secondary N) is 1. The van der Waals surface area contributed by atoms with Gasteiger partial charge in [-0.1, -0.05) is 32.9 Å². The molecule has 0 aromatic carbocycles. The molecule has 0 bridgehead atoms. The number of allylic oxidation sites excluding steroid dienone is 1. The van der Waals surface area contributed by atoms with E-state index in [9.17, 15) is 4.79 Å². The normalized spacial score (nSPS) is 9.65. The number of carbonyl (C=O) groups is 1. The van der Waals surface area contributed by atoms with Gasteiger partial charge in [0.05, 0.1) is 0 Å². The molecule has 1 amide bonds. The fourth-order valence-corrected chi connectivity index (χ4v) is 1.00. The molecular weight excluding hydrogens is 214 g/mol. The summed E-state index contributed by atoms with van der Waals surface area (Å²) < 4.78 is 0. The van der Waals surface area contributed by atoms with Crippen LogP contribution in [0.3, 0.4) is 0 Å². The van der Waals surface area contributed by atoms with Gasteiger partial charge in [0.25, 0.3) is 5.91 Å². The summed E-state index contributed by atoms with van der Waals surface area (Å²) in [6.07, 6.45) is 7.97. The lowest BCUT2D eigenvalue weighted by atomic mass is 10.3. The molecule has 94 valence electrons. The number of aromatic nitrogens is 2. The maximum absolute atomic E-state index is 11.4. The maximum Gasteiger partial charge on any atom is 0.289 e. The van der Waals surface area contributed by atoms with Crippen LogP contribution in [-0.2, 0) is 6.42 Å². The Bertz CT molecular complexity index is 344. The van der Waals surface area contributed by atoms with E-state index in [1.807, 2.05) is 39.8 Å². The molecule has 1 rings (SSSR count). The fraction of sp³-hybridized carbons (Fsp3) is 0.462. The van der Waals surface area contributed by atoms with Crippen molar-refractivity contribution in [3.8, 4) is 0 Å². The molecule has 0 radical (unpaired) electrons. The van der Waals surface area contributed by atoms with Crippen molar-refractivity contribution >= 4 is 5.91 Å². The van der Waals surface area contributed by atoms with Crippen molar-refractivity contribution in [2.24, 2.45) is 0 Å². The van der Waals surface area contributed by atoms with E-state index in [0.29, 0.717) is 6.54 Å². The highest BCUT2D eigenvalue weighted by Gasteiger charge is 2.06. The van der Waals surface area contributed by atoms with Crippen LogP contribution in [0.15, 0.2) is 24.5 Å². The summed E-state index contributed by atoms with van der Waals surface area (Å²) in [4.78, 5) is 19.4. The first-order valence-corrected chi connectivity index (χ1v) is 5.98. The van der Waals surface area contributed by atoms with Crippen LogP contribution in [-0.4, -0.2) is 22.4 Å². The third kappa shape index (κ3) is 5.80. The molecule has 0 atom stereocenters. The van der Waals surface area contributed by atoms with Crippen molar-refractivity contribution in [3.05, 3.63) is 35.9 Å². The molecule has 0 aliphatic heterocycles. The summed E-state index contributed by atoms with van der Waals surface area (Å²) in [6.45, 7) is 8.43. The number of rotatable bonds is 4. The average molecular weight is 235 g/mol. The van der Waals surface area contributed by atoms with Crippen molar-refractivity contribution in [1.29, 1.82) is 0 Å². The zero-order valence-corrected chi connectivity index (χ0v) is 11.0. The topological polar surface area (TPSA) is 54.9 Å². The number of aryl methyl sites for hydroxylation is 1. The van der Waals surface area contributed by atoms with Crippen molar-refractivity contribution < 1.29 is 4.79 Å². The van der Waals surface area contributed by atoms with E-state index in [4.69, 9.17) is 0 Å². The quantitative estimate of drug-likeness (QED) is 0.815. The molecule has 1 aromatic heterocycles. The van der Waals surface area contributed by atoms with Gasteiger partial charge in [0.2, 0.25) is 5.82 Å². The number of nitrogens with zero attached hydrogens (tertiary/aromatic N) is 2. The molecule has 0 spiro atoms. The minimum Gasteiger partial charge on any atom is -0.346 e. The first-order valence-electron chi connectivity index (χ1n) is 5.98. The van der Waals surface area contributed by atoms with E-state index in [1.165, 1.54) is 0 Å². The standard InChI is InChI=1S/C11H15N3O.C2H6/c1-3-5-6-12-11(15)10-13-7-9(4-2)8-14-10;1-2/h3,5,7-8H,4,6H2,1-2H3,(H,12,15);1-2H3/b5-3+;. The van der Waals surface area contributed by atoms with Crippen LogP contribution in [0, 0.1) is 0 Å². The molecule has 1 N–H and O–H groups in total. The number of amides is 1. The molecule has 17 heavy (non-hydrogen) atoms. The largest absolute Gasteiger partial charge is 0.346 e. The summed E-state index contributed by atoms with van der Waals surface area (Å²) in [6, 6.07) is 0. The molecule has 4 heteroatoms. The summed E-state index contributed by atoms with van der Waals surface area (Å²) >= 11 is 0. The molecule has 4 nitrogen and oxygen atoms in total. The lowest BCUT2D eigenvalue weighted by Gasteiger charge is -2.01. The average Bonchev–Trinajstić information content (AvgIpc) is 2.41. The molecule has 0 aliphatic rings. The van der Waals surface area contributed by atoms with Gasteiger partial charge in [-0.05, 0) is 18.9 Å². The zero-order valence-electron chi connectivity index (χ0n) is 11.0. The predicted octanol–water partition coefficient (Wildman–Crippen LogP) is 2.37. The number of hydrogen-bond donors (Lipinski definition) is 1. The first kappa shape index (κ1) is 15.3. The van der Waals surface area contributed by atoms with Gasteiger partial charge in [-0.25, -0.2) is 9.97 Å². The Kier molecular flexibility index (Phi) is 8.55. The van der Waals surface area contributed by atoms with Gasteiger partial charge in [-0.3, -0.25) is 4.79 Å². The molecule has 0 saturated heterocycles. The van der Waals surface area contributed by atoms with Crippen LogP contribution < -0.4 is 5.32 Å². The molecule has 1 aromatic rings. The second-order valence-corrected chi connectivity index (χ2v) is 3.05. The molecule has 0 fully saturated rings. The van der Waals surface area contributed by atoms with Crippen LogP contribution in [0.2, 0.25) is 0 Å². The Morgan fingerprint density at radius 2 is 1.94 bits per heavy atom.